The fraction of sp³-hybridized carbons (Fsp3) is 0.143. The molecule has 0 aliphatic carbocycles. The van der Waals surface area contributed by atoms with E-state index < -0.39 is 4.92 Å². The summed E-state index contributed by atoms with van der Waals surface area (Å²) in [6, 6.07) is 9.42. The summed E-state index contributed by atoms with van der Waals surface area (Å²) in [4.78, 5) is 25.9. The van der Waals surface area contributed by atoms with Gasteiger partial charge in [-0.1, -0.05) is 6.07 Å². The highest BCUT2D eigenvalue weighted by atomic mass is 16.6. The first-order valence-corrected chi connectivity index (χ1v) is 6.08. The molecule has 0 aliphatic heterocycles. The Bertz CT molecular complexity index is 614. The number of nitro groups is 1. The number of hydrogen-bond acceptors (Lipinski definition) is 4. The monoisotopic (exact) mass is 271 g/mol. The lowest BCUT2D eigenvalue weighted by molar-refractivity contribution is -0.384. The second kappa shape index (κ2) is 6.42. The Morgan fingerprint density at radius 2 is 2.00 bits per heavy atom. The minimum absolute atomic E-state index is 0.0909. The Hall–Kier alpha value is -2.76. The molecular weight excluding hydrogens is 258 g/mol. The van der Waals surface area contributed by atoms with Gasteiger partial charge in [-0.3, -0.25) is 19.9 Å². The van der Waals surface area contributed by atoms with Gasteiger partial charge >= 0.3 is 0 Å². The number of amides is 1. The van der Waals surface area contributed by atoms with Crippen LogP contribution in [0.25, 0.3) is 0 Å². The number of benzene rings is 1. The number of carbonyl (C=O) groups is 1. The Morgan fingerprint density at radius 1 is 1.25 bits per heavy atom. The SMILES string of the molecule is O=C(NCCc1ccncc1)c1cccc([N+](=O)[O-])c1. The summed E-state index contributed by atoms with van der Waals surface area (Å²) in [6.45, 7) is 0.464. The van der Waals surface area contributed by atoms with Gasteiger partial charge in [0.1, 0.15) is 0 Å². The Balaban J connectivity index is 1.92. The van der Waals surface area contributed by atoms with E-state index in [-0.39, 0.29) is 17.2 Å². The second-order valence-electron chi connectivity index (χ2n) is 4.17. The first kappa shape index (κ1) is 13.7. The molecule has 2 rings (SSSR count). The van der Waals surface area contributed by atoms with Gasteiger partial charge in [0.05, 0.1) is 4.92 Å². The van der Waals surface area contributed by atoms with Crippen LogP contribution in [0.5, 0.6) is 0 Å². The minimum atomic E-state index is -0.520. The number of nitrogens with zero attached hydrogens (tertiary/aromatic N) is 2. The molecule has 0 atom stereocenters. The van der Waals surface area contributed by atoms with E-state index in [0.29, 0.717) is 13.0 Å². The predicted octanol–water partition coefficient (Wildman–Crippen LogP) is 1.96. The van der Waals surface area contributed by atoms with Gasteiger partial charge in [-0.2, -0.15) is 0 Å². The Kier molecular flexibility index (Phi) is 4.39. The summed E-state index contributed by atoms with van der Waals surface area (Å²) in [5.74, 6) is -0.317. The molecule has 2 aromatic rings. The first-order valence-electron chi connectivity index (χ1n) is 6.08. The third kappa shape index (κ3) is 3.61. The molecule has 6 heteroatoms. The summed E-state index contributed by atoms with van der Waals surface area (Å²) in [7, 11) is 0. The molecule has 0 aliphatic rings. The van der Waals surface area contributed by atoms with Crippen molar-refractivity contribution in [2.45, 2.75) is 6.42 Å². The third-order valence-corrected chi connectivity index (χ3v) is 2.77. The van der Waals surface area contributed by atoms with Crippen molar-refractivity contribution in [2.75, 3.05) is 6.54 Å². The Labute approximate surface area is 115 Å². The van der Waals surface area contributed by atoms with Gasteiger partial charge in [-0.25, -0.2) is 0 Å². The zero-order chi connectivity index (χ0) is 14.4. The van der Waals surface area contributed by atoms with Crippen LogP contribution in [0.2, 0.25) is 0 Å². The van der Waals surface area contributed by atoms with Crippen molar-refractivity contribution in [3.05, 3.63) is 70.0 Å². The van der Waals surface area contributed by atoms with Crippen LogP contribution in [0, 0.1) is 10.1 Å². The van der Waals surface area contributed by atoms with E-state index in [0.717, 1.165) is 5.56 Å². The first-order chi connectivity index (χ1) is 9.66. The van der Waals surface area contributed by atoms with Crippen molar-refractivity contribution in [1.82, 2.24) is 10.3 Å². The summed E-state index contributed by atoms with van der Waals surface area (Å²) < 4.78 is 0. The molecule has 6 nitrogen and oxygen atoms in total. The second-order valence-corrected chi connectivity index (χ2v) is 4.17. The average molecular weight is 271 g/mol. The van der Waals surface area contributed by atoms with Crippen molar-refractivity contribution >= 4 is 11.6 Å². The van der Waals surface area contributed by atoms with Gasteiger partial charge in [-0.15, -0.1) is 0 Å². The molecule has 1 heterocycles. The number of non-ortho nitro benzene ring substituents is 1. The highest BCUT2D eigenvalue weighted by Crippen LogP contribution is 2.12. The van der Waals surface area contributed by atoms with Crippen molar-refractivity contribution < 1.29 is 9.72 Å². The molecule has 0 saturated carbocycles. The van der Waals surface area contributed by atoms with Crippen LogP contribution in [-0.4, -0.2) is 22.4 Å². The number of nitrogens with one attached hydrogen (secondary N) is 1. The zero-order valence-corrected chi connectivity index (χ0v) is 10.7. The van der Waals surface area contributed by atoms with E-state index >= 15 is 0 Å². The zero-order valence-electron chi connectivity index (χ0n) is 10.7. The third-order valence-electron chi connectivity index (χ3n) is 2.77. The van der Waals surface area contributed by atoms with Crippen LogP contribution in [0.1, 0.15) is 15.9 Å². The number of carbonyl (C=O) groups excluding carboxylic acids is 1. The van der Waals surface area contributed by atoms with Crippen LogP contribution in [0.3, 0.4) is 0 Å². The van der Waals surface area contributed by atoms with E-state index in [9.17, 15) is 14.9 Å². The van der Waals surface area contributed by atoms with Gasteiger partial charge in [0.15, 0.2) is 0 Å². The van der Waals surface area contributed by atoms with Gasteiger partial charge in [-0.05, 0) is 30.2 Å². The number of pyridine rings is 1. The van der Waals surface area contributed by atoms with Crippen molar-refractivity contribution in [3.8, 4) is 0 Å². The molecule has 20 heavy (non-hydrogen) atoms. The summed E-state index contributed by atoms with van der Waals surface area (Å²) >= 11 is 0. The summed E-state index contributed by atoms with van der Waals surface area (Å²) in [5, 5.41) is 13.4. The molecule has 1 aromatic heterocycles. The highest BCUT2D eigenvalue weighted by molar-refractivity contribution is 5.94. The molecule has 0 saturated heterocycles. The van der Waals surface area contributed by atoms with Crippen molar-refractivity contribution in [3.63, 3.8) is 0 Å². The molecule has 1 amide bonds. The van der Waals surface area contributed by atoms with Crippen molar-refractivity contribution in [2.24, 2.45) is 0 Å². The van der Waals surface area contributed by atoms with Crippen LogP contribution in [0.4, 0.5) is 5.69 Å². The van der Waals surface area contributed by atoms with Crippen LogP contribution in [0.15, 0.2) is 48.8 Å². The van der Waals surface area contributed by atoms with Gasteiger partial charge in [0, 0.05) is 36.6 Å². The number of hydrogen-bond donors (Lipinski definition) is 1. The number of aromatic nitrogens is 1. The van der Waals surface area contributed by atoms with E-state index in [4.69, 9.17) is 0 Å². The molecule has 0 bridgehead atoms. The molecule has 102 valence electrons. The van der Waals surface area contributed by atoms with Gasteiger partial charge < -0.3 is 5.32 Å². The fourth-order valence-corrected chi connectivity index (χ4v) is 1.73. The molecule has 1 aromatic carbocycles. The summed E-state index contributed by atoms with van der Waals surface area (Å²) in [5.41, 5.74) is 1.26. The molecule has 0 fully saturated rings. The highest BCUT2D eigenvalue weighted by Gasteiger charge is 2.10. The Morgan fingerprint density at radius 3 is 2.70 bits per heavy atom. The quantitative estimate of drug-likeness (QED) is 0.665. The van der Waals surface area contributed by atoms with E-state index in [1.165, 1.54) is 18.2 Å². The van der Waals surface area contributed by atoms with Crippen LogP contribution in [-0.2, 0) is 6.42 Å². The molecule has 0 radical (unpaired) electrons. The molecular formula is C14H13N3O3. The maximum Gasteiger partial charge on any atom is 0.270 e. The van der Waals surface area contributed by atoms with Crippen LogP contribution >= 0.6 is 0 Å². The van der Waals surface area contributed by atoms with Gasteiger partial charge in [0.25, 0.3) is 11.6 Å². The maximum atomic E-state index is 11.9. The van der Waals surface area contributed by atoms with Crippen molar-refractivity contribution in [1.29, 1.82) is 0 Å². The summed E-state index contributed by atoms with van der Waals surface area (Å²) in [6.07, 6.45) is 4.07. The normalized spacial score (nSPS) is 10.0. The number of nitro benzene ring substituents is 1. The lowest BCUT2D eigenvalue weighted by Crippen LogP contribution is -2.25. The van der Waals surface area contributed by atoms with E-state index in [1.54, 1.807) is 18.5 Å². The number of rotatable bonds is 5. The lowest BCUT2D eigenvalue weighted by Gasteiger charge is -2.05. The largest absolute Gasteiger partial charge is 0.352 e. The minimum Gasteiger partial charge on any atom is -0.352 e. The molecule has 1 N–H and O–H groups in total. The van der Waals surface area contributed by atoms with E-state index in [1.807, 2.05) is 12.1 Å². The molecule has 0 spiro atoms. The van der Waals surface area contributed by atoms with E-state index in [2.05, 4.69) is 10.3 Å². The van der Waals surface area contributed by atoms with Gasteiger partial charge in [0.2, 0.25) is 0 Å². The smallest absolute Gasteiger partial charge is 0.270 e. The van der Waals surface area contributed by atoms with Crippen LogP contribution < -0.4 is 5.32 Å². The maximum absolute atomic E-state index is 11.9. The standard InChI is InChI=1S/C14H13N3O3/c18-14(12-2-1-3-13(10-12)17(19)20)16-9-6-11-4-7-15-8-5-11/h1-5,7-8,10H,6,9H2,(H,16,18). The topological polar surface area (TPSA) is 85.1 Å². The molecule has 0 unspecified atom stereocenters. The fourth-order valence-electron chi connectivity index (χ4n) is 1.73. The lowest BCUT2D eigenvalue weighted by atomic mass is 10.1. The average Bonchev–Trinajstić information content (AvgIpc) is 2.48. The predicted molar refractivity (Wildman–Crippen MR) is 73.4 cm³/mol.